The zero-order chi connectivity index (χ0) is 20.1. The Labute approximate surface area is 155 Å². The second-order valence-electron chi connectivity index (χ2n) is 5.55. The summed E-state index contributed by atoms with van der Waals surface area (Å²) in [7, 11) is -3.70. The summed E-state index contributed by atoms with van der Waals surface area (Å²) in [6.45, 7) is 3.39. The Morgan fingerprint density at radius 2 is 1.78 bits per heavy atom. The molecule has 0 atom stereocenters. The fourth-order valence-electron chi connectivity index (χ4n) is 2.18. The van der Waals surface area contributed by atoms with Gasteiger partial charge in [-0.3, -0.25) is 4.79 Å². The largest absolute Gasteiger partial charge is 0.416 e. The molecular formula is C18H17F3N2O3S. The average molecular weight is 398 g/mol. The lowest BCUT2D eigenvalue weighted by atomic mass is 10.1. The number of nitrogens with one attached hydrogen (secondary N) is 2. The van der Waals surface area contributed by atoms with Crippen LogP contribution < -0.4 is 10.0 Å². The molecule has 5 nitrogen and oxygen atoms in total. The topological polar surface area (TPSA) is 75.3 Å². The van der Waals surface area contributed by atoms with Crippen LogP contribution in [0.2, 0.25) is 0 Å². The van der Waals surface area contributed by atoms with Crippen LogP contribution in [-0.2, 0) is 22.7 Å². The molecule has 0 unspecified atom stereocenters. The van der Waals surface area contributed by atoms with Crippen molar-refractivity contribution in [2.24, 2.45) is 0 Å². The van der Waals surface area contributed by atoms with Gasteiger partial charge in [-0.1, -0.05) is 18.2 Å². The second-order valence-corrected chi connectivity index (χ2v) is 7.31. The highest BCUT2D eigenvalue weighted by molar-refractivity contribution is 7.89. The molecule has 144 valence electrons. The van der Waals surface area contributed by atoms with Crippen LogP contribution in [0.5, 0.6) is 0 Å². The molecule has 1 amide bonds. The maximum atomic E-state index is 12.7. The minimum absolute atomic E-state index is 0.0150. The van der Waals surface area contributed by atoms with E-state index >= 15 is 0 Å². The summed E-state index contributed by atoms with van der Waals surface area (Å²) in [4.78, 5) is 12.1. The van der Waals surface area contributed by atoms with Gasteiger partial charge in [-0.05, 0) is 42.0 Å². The molecule has 0 aromatic heterocycles. The standard InChI is InChI=1S/C18H17F3N2O3S/c1-2-10-23-27(25,26)16-8-6-14(7-9-16)17(24)22-12-13-4-3-5-15(11-13)18(19,20)21/h2-9,11,23H,1,10,12H2,(H,22,24). The zero-order valence-electron chi connectivity index (χ0n) is 14.1. The second kappa shape index (κ2) is 8.36. The van der Waals surface area contributed by atoms with Crippen molar-refractivity contribution in [1.29, 1.82) is 0 Å². The number of hydrogen-bond acceptors (Lipinski definition) is 3. The molecule has 9 heteroatoms. The molecule has 0 heterocycles. The highest BCUT2D eigenvalue weighted by Crippen LogP contribution is 2.29. The Morgan fingerprint density at radius 3 is 2.37 bits per heavy atom. The Hall–Kier alpha value is -2.65. The van der Waals surface area contributed by atoms with Gasteiger partial charge in [-0.2, -0.15) is 13.2 Å². The first-order chi connectivity index (χ1) is 12.6. The summed E-state index contributed by atoms with van der Waals surface area (Å²) in [5, 5.41) is 2.50. The number of halogens is 3. The van der Waals surface area contributed by atoms with Gasteiger partial charge in [0.05, 0.1) is 10.5 Å². The fourth-order valence-corrected chi connectivity index (χ4v) is 3.18. The first-order valence-corrected chi connectivity index (χ1v) is 9.27. The van der Waals surface area contributed by atoms with Gasteiger partial charge in [-0.25, -0.2) is 13.1 Å². The van der Waals surface area contributed by atoms with Crippen LogP contribution in [0.15, 0.2) is 66.1 Å². The lowest BCUT2D eigenvalue weighted by Crippen LogP contribution is -2.25. The van der Waals surface area contributed by atoms with E-state index in [2.05, 4.69) is 16.6 Å². The average Bonchev–Trinajstić information content (AvgIpc) is 2.64. The predicted octanol–water partition coefficient (Wildman–Crippen LogP) is 3.10. The third kappa shape index (κ3) is 5.66. The summed E-state index contributed by atoms with van der Waals surface area (Å²) >= 11 is 0. The van der Waals surface area contributed by atoms with Crippen molar-refractivity contribution in [2.45, 2.75) is 17.6 Å². The number of alkyl halides is 3. The first-order valence-electron chi connectivity index (χ1n) is 7.78. The van der Waals surface area contributed by atoms with Crippen LogP contribution in [-0.4, -0.2) is 20.9 Å². The van der Waals surface area contributed by atoms with Crippen molar-refractivity contribution in [3.8, 4) is 0 Å². The highest BCUT2D eigenvalue weighted by Gasteiger charge is 2.30. The van der Waals surface area contributed by atoms with E-state index in [0.717, 1.165) is 12.1 Å². The number of carbonyl (C=O) groups is 1. The van der Waals surface area contributed by atoms with Crippen molar-refractivity contribution in [2.75, 3.05) is 6.54 Å². The van der Waals surface area contributed by atoms with Gasteiger partial charge in [0, 0.05) is 18.7 Å². The molecule has 0 aliphatic carbocycles. The van der Waals surface area contributed by atoms with Crippen LogP contribution >= 0.6 is 0 Å². The van der Waals surface area contributed by atoms with Crippen LogP contribution in [0.1, 0.15) is 21.5 Å². The number of hydrogen-bond donors (Lipinski definition) is 2. The smallest absolute Gasteiger partial charge is 0.348 e. The van der Waals surface area contributed by atoms with E-state index in [1.54, 1.807) is 0 Å². The molecule has 0 saturated heterocycles. The maximum absolute atomic E-state index is 12.7. The number of amides is 1. The lowest BCUT2D eigenvalue weighted by Gasteiger charge is -2.10. The zero-order valence-corrected chi connectivity index (χ0v) is 14.9. The van der Waals surface area contributed by atoms with Crippen LogP contribution in [0, 0.1) is 0 Å². The maximum Gasteiger partial charge on any atom is 0.416 e. The van der Waals surface area contributed by atoms with E-state index in [1.807, 2.05) is 0 Å². The Morgan fingerprint density at radius 1 is 1.11 bits per heavy atom. The van der Waals surface area contributed by atoms with Crippen molar-refractivity contribution in [1.82, 2.24) is 10.0 Å². The number of sulfonamides is 1. The molecule has 2 aromatic rings. The molecular weight excluding hydrogens is 381 g/mol. The number of carbonyl (C=O) groups excluding carboxylic acids is 1. The van der Waals surface area contributed by atoms with E-state index in [0.29, 0.717) is 5.56 Å². The van der Waals surface area contributed by atoms with Crippen molar-refractivity contribution in [3.63, 3.8) is 0 Å². The van der Waals surface area contributed by atoms with Crippen LogP contribution in [0.25, 0.3) is 0 Å². The molecule has 0 radical (unpaired) electrons. The van der Waals surface area contributed by atoms with Crippen molar-refractivity contribution in [3.05, 3.63) is 77.9 Å². The summed E-state index contributed by atoms with van der Waals surface area (Å²) in [5.74, 6) is -0.532. The number of benzene rings is 2. The van der Waals surface area contributed by atoms with Crippen molar-refractivity contribution < 1.29 is 26.4 Å². The van der Waals surface area contributed by atoms with Gasteiger partial charge < -0.3 is 5.32 Å². The summed E-state index contributed by atoms with van der Waals surface area (Å²) in [6.07, 6.45) is -3.06. The van der Waals surface area contributed by atoms with Gasteiger partial charge in [-0.15, -0.1) is 6.58 Å². The lowest BCUT2D eigenvalue weighted by molar-refractivity contribution is -0.137. The highest BCUT2D eigenvalue weighted by atomic mass is 32.2. The van der Waals surface area contributed by atoms with E-state index < -0.39 is 27.7 Å². The molecule has 2 rings (SSSR count). The molecule has 0 saturated carbocycles. The molecule has 0 bridgehead atoms. The SMILES string of the molecule is C=CCNS(=O)(=O)c1ccc(C(=O)NCc2cccc(C(F)(F)F)c2)cc1. The first kappa shape index (κ1) is 20.7. The summed E-state index contributed by atoms with van der Waals surface area (Å²) in [6, 6.07) is 9.83. The van der Waals surface area contributed by atoms with E-state index in [9.17, 15) is 26.4 Å². The van der Waals surface area contributed by atoms with Gasteiger partial charge >= 0.3 is 6.18 Å². The molecule has 0 aliphatic heterocycles. The van der Waals surface area contributed by atoms with E-state index in [1.165, 1.54) is 42.5 Å². The van der Waals surface area contributed by atoms with E-state index in [-0.39, 0.29) is 23.5 Å². The molecule has 0 aliphatic rings. The van der Waals surface area contributed by atoms with Crippen molar-refractivity contribution >= 4 is 15.9 Å². The monoisotopic (exact) mass is 398 g/mol. The van der Waals surface area contributed by atoms with Gasteiger partial charge in [0.1, 0.15) is 0 Å². The third-order valence-electron chi connectivity index (χ3n) is 3.55. The van der Waals surface area contributed by atoms with Gasteiger partial charge in [0.25, 0.3) is 5.91 Å². The number of rotatable bonds is 7. The van der Waals surface area contributed by atoms with Gasteiger partial charge in [0.2, 0.25) is 10.0 Å². The van der Waals surface area contributed by atoms with Crippen LogP contribution in [0.4, 0.5) is 13.2 Å². The minimum atomic E-state index is -4.46. The van der Waals surface area contributed by atoms with Crippen LogP contribution in [0.3, 0.4) is 0 Å². The Balaban J connectivity index is 2.04. The van der Waals surface area contributed by atoms with E-state index in [4.69, 9.17) is 0 Å². The molecule has 2 N–H and O–H groups in total. The Kier molecular flexibility index (Phi) is 6.40. The molecule has 0 spiro atoms. The fraction of sp³-hybridized carbons (Fsp3) is 0.167. The van der Waals surface area contributed by atoms with Gasteiger partial charge in [0.15, 0.2) is 0 Å². The minimum Gasteiger partial charge on any atom is -0.348 e. The summed E-state index contributed by atoms with van der Waals surface area (Å²) < 4.78 is 64.3. The predicted molar refractivity (Wildman–Crippen MR) is 94.4 cm³/mol. The Bertz CT molecular complexity index is 924. The molecule has 27 heavy (non-hydrogen) atoms. The molecule has 0 fully saturated rings. The quantitative estimate of drug-likeness (QED) is 0.704. The summed E-state index contributed by atoms with van der Waals surface area (Å²) in [5.41, 5.74) is -0.313. The third-order valence-corrected chi connectivity index (χ3v) is 4.99. The normalized spacial score (nSPS) is 11.8. The molecule has 2 aromatic carbocycles.